The third-order valence-corrected chi connectivity index (χ3v) is 3.57. The summed E-state index contributed by atoms with van der Waals surface area (Å²) in [5.74, 6) is 0. The minimum absolute atomic E-state index is 0.294. The topological polar surface area (TPSA) is 29.6 Å². The Morgan fingerprint density at radius 1 is 1.24 bits per heavy atom. The zero-order chi connectivity index (χ0) is 15.1. The second-order valence-electron chi connectivity index (χ2n) is 5.59. The van der Waals surface area contributed by atoms with Crippen molar-refractivity contribution in [3.05, 3.63) is 72.6 Å². The highest BCUT2D eigenvalue weighted by atomic mass is 16.3. The molecule has 2 atom stereocenters. The van der Waals surface area contributed by atoms with Crippen molar-refractivity contribution in [2.24, 2.45) is 0 Å². The van der Waals surface area contributed by atoms with Gasteiger partial charge in [-0.05, 0) is 30.7 Å². The number of quaternary nitrogens is 1. The molecule has 1 unspecified atom stereocenters. The quantitative estimate of drug-likeness (QED) is 0.707. The molecule has 3 nitrogen and oxygen atoms in total. The maximum atomic E-state index is 9.62. The molecular formula is C18H25N2O+. The summed E-state index contributed by atoms with van der Waals surface area (Å²) in [6, 6.07) is 14.7. The van der Waals surface area contributed by atoms with Gasteiger partial charge in [-0.25, -0.2) is 0 Å². The van der Waals surface area contributed by atoms with Gasteiger partial charge in [0.15, 0.2) is 0 Å². The molecule has 0 saturated heterocycles. The Hall–Kier alpha value is -1.84. The van der Waals surface area contributed by atoms with Crippen LogP contribution in [0.2, 0.25) is 0 Å². The lowest BCUT2D eigenvalue weighted by molar-refractivity contribution is -0.911. The van der Waals surface area contributed by atoms with E-state index >= 15 is 0 Å². The number of hydrogen-bond donors (Lipinski definition) is 2. The summed E-state index contributed by atoms with van der Waals surface area (Å²) in [6.45, 7) is 9.05. The molecule has 0 saturated carbocycles. The van der Waals surface area contributed by atoms with E-state index in [1.165, 1.54) is 16.2 Å². The van der Waals surface area contributed by atoms with E-state index in [-0.39, 0.29) is 6.10 Å². The van der Waals surface area contributed by atoms with Crippen LogP contribution in [-0.4, -0.2) is 28.9 Å². The zero-order valence-electron chi connectivity index (χ0n) is 12.7. The SMILES string of the molecule is C=CC[NH+](Cc1cccn1Cc1ccccc1)C[C@@H](C)O. The third-order valence-electron chi connectivity index (χ3n) is 3.57. The molecule has 1 aromatic heterocycles. The number of aliphatic hydroxyl groups is 1. The average molecular weight is 285 g/mol. The van der Waals surface area contributed by atoms with Gasteiger partial charge in [-0.3, -0.25) is 0 Å². The van der Waals surface area contributed by atoms with Crippen molar-refractivity contribution in [3.8, 4) is 0 Å². The van der Waals surface area contributed by atoms with E-state index in [4.69, 9.17) is 0 Å². The molecule has 1 heterocycles. The molecule has 0 fully saturated rings. The molecule has 0 radical (unpaired) electrons. The summed E-state index contributed by atoms with van der Waals surface area (Å²) >= 11 is 0. The Labute approximate surface area is 127 Å². The van der Waals surface area contributed by atoms with Gasteiger partial charge in [0, 0.05) is 12.7 Å². The summed E-state index contributed by atoms with van der Waals surface area (Å²) in [7, 11) is 0. The van der Waals surface area contributed by atoms with Gasteiger partial charge in [-0.15, -0.1) is 0 Å². The Balaban J connectivity index is 2.06. The first-order valence-corrected chi connectivity index (χ1v) is 7.49. The van der Waals surface area contributed by atoms with Crippen LogP contribution < -0.4 is 4.90 Å². The number of nitrogens with zero attached hydrogens (tertiary/aromatic N) is 1. The van der Waals surface area contributed by atoms with E-state index in [1.54, 1.807) is 0 Å². The van der Waals surface area contributed by atoms with E-state index in [9.17, 15) is 5.11 Å². The van der Waals surface area contributed by atoms with Gasteiger partial charge in [0.05, 0.1) is 12.2 Å². The molecule has 1 aromatic carbocycles. The molecule has 0 aliphatic carbocycles. The van der Waals surface area contributed by atoms with Gasteiger partial charge in [-0.2, -0.15) is 0 Å². The summed E-state index contributed by atoms with van der Waals surface area (Å²) in [5.41, 5.74) is 2.59. The maximum absolute atomic E-state index is 9.62. The van der Waals surface area contributed by atoms with Crippen molar-refractivity contribution < 1.29 is 10.0 Å². The Morgan fingerprint density at radius 2 is 2.00 bits per heavy atom. The zero-order valence-corrected chi connectivity index (χ0v) is 12.7. The van der Waals surface area contributed by atoms with E-state index in [1.807, 2.05) is 19.1 Å². The molecule has 2 rings (SSSR count). The van der Waals surface area contributed by atoms with Gasteiger partial charge in [0.2, 0.25) is 0 Å². The van der Waals surface area contributed by atoms with Crippen molar-refractivity contribution >= 4 is 0 Å². The fourth-order valence-corrected chi connectivity index (χ4v) is 2.65. The molecule has 0 aliphatic heterocycles. The Bertz CT molecular complexity index is 545. The molecule has 21 heavy (non-hydrogen) atoms. The van der Waals surface area contributed by atoms with Gasteiger partial charge in [-0.1, -0.05) is 36.9 Å². The van der Waals surface area contributed by atoms with Gasteiger partial charge >= 0.3 is 0 Å². The molecule has 0 spiro atoms. The molecule has 0 aliphatic rings. The first-order valence-electron chi connectivity index (χ1n) is 7.49. The van der Waals surface area contributed by atoms with Crippen LogP contribution >= 0.6 is 0 Å². The normalized spacial score (nSPS) is 13.8. The average Bonchev–Trinajstić information content (AvgIpc) is 2.87. The van der Waals surface area contributed by atoms with E-state index in [0.717, 1.165) is 26.2 Å². The highest BCUT2D eigenvalue weighted by Crippen LogP contribution is 2.07. The number of benzene rings is 1. The molecular weight excluding hydrogens is 260 g/mol. The van der Waals surface area contributed by atoms with Crippen molar-refractivity contribution in [3.63, 3.8) is 0 Å². The lowest BCUT2D eigenvalue weighted by atomic mass is 10.2. The highest BCUT2D eigenvalue weighted by Gasteiger charge is 2.13. The largest absolute Gasteiger partial charge is 0.388 e. The van der Waals surface area contributed by atoms with E-state index in [0.29, 0.717) is 0 Å². The first-order chi connectivity index (χ1) is 10.2. The van der Waals surface area contributed by atoms with Crippen LogP contribution in [-0.2, 0) is 13.1 Å². The minimum atomic E-state index is -0.294. The second kappa shape index (κ2) is 7.81. The van der Waals surface area contributed by atoms with Crippen LogP contribution in [0.1, 0.15) is 18.2 Å². The summed E-state index contributed by atoms with van der Waals surface area (Å²) in [5, 5.41) is 9.62. The third kappa shape index (κ3) is 4.88. The van der Waals surface area contributed by atoms with Crippen LogP contribution in [0.25, 0.3) is 0 Å². The first kappa shape index (κ1) is 15.5. The Morgan fingerprint density at radius 3 is 2.67 bits per heavy atom. The van der Waals surface area contributed by atoms with Crippen LogP contribution in [0, 0.1) is 0 Å². The highest BCUT2D eigenvalue weighted by molar-refractivity contribution is 5.17. The van der Waals surface area contributed by atoms with E-state index in [2.05, 4.69) is 53.7 Å². The van der Waals surface area contributed by atoms with Gasteiger partial charge < -0.3 is 14.6 Å². The second-order valence-corrected chi connectivity index (χ2v) is 5.59. The van der Waals surface area contributed by atoms with E-state index < -0.39 is 0 Å². The number of aromatic nitrogens is 1. The Kier molecular flexibility index (Phi) is 5.78. The van der Waals surface area contributed by atoms with Crippen molar-refractivity contribution in [1.29, 1.82) is 0 Å². The number of nitrogens with one attached hydrogen (secondary N) is 1. The van der Waals surface area contributed by atoms with Gasteiger partial charge in [0.1, 0.15) is 19.2 Å². The minimum Gasteiger partial charge on any atom is -0.388 e. The number of hydrogen-bond acceptors (Lipinski definition) is 1. The van der Waals surface area contributed by atoms with Crippen LogP contribution in [0.5, 0.6) is 0 Å². The summed E-state index contributed by atoms with van der Waals surface area (Å²) in [6.07, 6.45) is 3.75. The molecule has 112 valence electrons. The monoisotopic (exact) mass is 285 g/mol. The lowest BCUT2D eigenvalue weighted by Gasteiger charge is -2.20. The van der Waals surface area contributed by atoms with Crippen molar-refractivity contribution in [1.82, 2.24) is 4.57 Å². The van der Waals surface area contributed by atoms with Crippen LogP contribution in [0.15, 0.2) is 61.3 Å². The van der Waals surface area contributed by atoms with Gasteiger partial charge in [0.25, 0.3) is 0 Å². The fraction of sp³-hybridized carbons (Fsp3) is 0.333. The lowest BCUT2D eigenvalue weighted by Crippen LogP contribution is -3.11. The smallest absolute Gasteiger partial charge is 0.118 e. The summed E-state index contributed by atoms with van der Waals surface area (Å²) < 4.78 is 2.28. The maximum Gasteiger partial charge on any atom is 0.118 e. The molecule has 2 N–H and O–H groups in total. The standard InChI is InChI=1S/C18H24N2O/c1-3-11-19(13-16(2)21)15-18-10-7-12-20(18)14-17-8-5-4-6-9-17/h3-10,12,16,21H,1,11,13-15H2,2H3/p+1/t16-/m1/s1. The fourth-order valence-electron chi connectivity index (χ4n) is 2.65. The molecule has 0 bridgehead atoms. The van der Waals surface area contributed by atoms with Crippen LogP contribution in [0.3, 0.4) is 0 Å². The van der Waals surface area contributed by atoms with Crippen molar-refractivity contribution in [2.75, 3.05) is 13.1 Å². The van der Waals surface area contributed by atoms with Crippen LogP contribution in [0.4, 0.5) is 0 Å². The predicted octanol–water partition coefficient (Wildman–Crippen LogP) is 1.49. The molecule has 2 aromatic rings. The number of rotatable bonds is 8. The molecule has 0 amide bonds. The summed E-state index contributed by atoms with van der Waals surface area (Å²) in [4.78, 5) is 1.33. The number of aliphatic hydroxyl groups excluding tert-OH is 1. The predicted molar refractivity (Wildman–Crippen MR) is 86.3 cm³/mol. The van der Waals surface area contributed by atoms with Crippen molar-refractivity contribution in [2.45, 2.75) is 26.1 Å². The molecule has 3 heteroatoms.